The fourth-order valence-corrected chi connectivity index (χ4v) is 3.08. The van der Waals surface area contributed by atoms with Crippen LogP contribution in [0.5, 0.6) is 0 Å². The molecule has 2 rings (SSSR count). The molecule has 2 fully saturated rings. The van der Waals surface area contributed by atoms with Gasteiger partial charge in [-0.2, -0.15) is 0 Å². The first-order chi connectivity index (χ1) is 9.40. The molecule has 1 saturated carbocycles. The van der Waals surface area contributed by atoms with Crippen LogP contribution in [0.3, 0.4) is 0 Å². The van der Waals surface area contributed by atoms with E-state index in [1.54, 1.807) is 27.7 Å². The number of nitrogens with zero attached hydrogens (tertiary/aromatic N) is 1. The Balaban J connectivity index is 2.32. The van der Waals surface area contributed by atoms with Crippen molar-refractivity contribution in [1.29, 1.82) is 0 Å². The Morgan fingerprint density at radius 1 is 1.33 bits per heavy atom. The molecule has 1 saturated heterocycles. The summed E-state index contributed by atoms with van der Waals surface area (Å²) in [5, 5.41) is 2.83. The number of carbonyl (C=O) groups excluding carboxylic acids is 2. The van der Waals surface area contributed by atoms with Gasteiger partial charge in [-0.25, -0.2) is 8.42 Å². The van der Waals surface area contributed by atoms with Gasteiger partial charge in [-0.15, -0.1) is 0 Å². The van der Waals surface area contributed by atoms with Gasteiger partial charge in [0, 0.05) is 12.8 Å². The molecule has 0 radical (unpaired) electrons. The first-order valence-corrected chi connectivity index (χ1v) is 9.12. The van der Waals surface area contributed by atoms with E-state index >= 15 is 0 Å². The Kier molecular flexibility index (Phi) is 3.64. The van der Waals surface area contributed by atoms with Crippen molar-refractivity contribution in [3.63, 3.8) is 0 Å². The van der Waals surface area contributed by atoms with Gasteiger partial charge in [-0.3, -0.25) is 9.59 Å². The topological polar surface area (TPSA) is 83.6 Å². The number of piperazine rings is 1. The van der Waals surface area contributed by atoms with Gasteiger partial charge >= 0.3 is 0 Å². The average Bonchev–Trinajstić information content (AvgIpc) is 3.15. The van der Waals surface area contributed by atoms with Gasteiger partial charge in [0.25, 0.3) is 0 Å². The van der Waals surface area contributed by atoms with Gasteiger partial charge in [0.1, 0.15) is 11.6 Å². The van der Waals surface area contributed by atoms with Crippen LogP contribution < -0.4 is 5.32 Å². The highest BCUT2D eigenvalue weighted by molar-refractivity contribution is 7.92. The Hall–Kier alpha value is -1.11. The largest absolute Gasteiger partial charge is 0.340 e. The van der Waals surface area contributed by atoms with Crippen LogP contribution in [0.4, 0.5) is 0 Å². The van der Waals surface area contributed by atoms with E-state index in [-0.39, 0.29) is 24.3 Å². The van der Waals surface area contributed by atoms with Crippen LogP contribution in [0, 0.1) is 5.92 Å². The number of rotatable bonds is 4. The maximum absolute atomic E-state index is 12.8. The van der Waals surface area contributed by atoms with Crippen molar-refractivity contribution in [2.75, 3.05) is 12.8 Å². The van der Waals surface area contributed by atoms with Crippen molar-refractivity contribution in [3.05, 3.63) is 0 Å². The van der Waals surface area contributed by atoms with E-state index in [0.717, 1.165) is 19.1 Å². The zero-order valence-electron chi connectivity index (χ0n) is 13.3. The molecule has 0 aromatic rings. The minimum Gasteiger partial charge on any atom is -0.340 e. The standard InChI is InChI=1S/C14H24N2O4S/c1-9-11(17)15-14(4,10-6-7-10)12(18)16(9)8-13(2,3)21(5,19)20/h9-10H,6-8H2,1-5H3,(H,15,17). The van der Waals surface area contributed by atoms with Crippen molar-refractivity contribution in [2.24, 2.45) is 5.92 Å². The van der Waals surface area contributed by atoms with Gasteiger partial charge in [0.2, 0.25) is 11.8 Å². The second kappa shape index (κ2) is 4.69. The highest BCUT2D eigenvalue weighted by Gasteiger charge is 2.55. The van der Waals surface area contributed by atoms with Crippen molar-refractivity contribution < 1.29 is 18.0 Å². The molecule has 1 aliphatic heterocycles. The summed E-state index contributed by atoms with van der Waals surface area (Å²) in [5.74, 6) is -0.229. The summed E-state index contributed by atoms with van der Waals surface area (Å²) in [6, 6.07) is -0.648. The van der Waals surface area contributed by atoms with Crippen molar-refractivity contribution in [2.45, 2.75) is 56.9 Å². The molecule has 2 amide bonds. The quantitative estimate of drug-likeness (QED) is 0.810. The first kappa shape index (κ1) is 16.3. The zero-order chi connectivity index (χ0) is 16.2. The van der Waals surface area contributed by atoms with Crippen LogP contribution in [0.15, 0.2) is 0 Å². The fourth-order valence-electron chi connectivity index (χ4n) is 2.70. The van der Waals surface area contributed by atoms with Crippen LogP contribution in [-0.2, 0) is 19.4 Å². The molecule has 0 aromatic heterocycles. The number of nitrogens with one attached hydrogen (secondary N) is 1. The Morgan fingerprint density at radius 3 is 2.29 bits per heavy atom. The SMILES string of the molecule is CC1C(=O)NC(C)(C2CC2)C(=O)N1CC(C)(C)S(C)(=O)=O. The Bertz CT molecular complexity index is 580. The third-order valence-corrected chi connectivity index (χ3v) is 7.02. The summed E-state index contributed by atoms with van der Waals surface area (Å²) in [7, 11) is -3.33. The first-order valence-electron chi connectivity index (χ1n) is 7.23. The summed E-state index contributed by atoms with van der Waals surface area (Å²) in [6.07, 6.45) is 2.99. The predicted molar refractivity (Wildman–Crippen MR) is 79.4 cm³/mol. The highest BCUT2D eigenvalue weighted by atomic mass is 32.2. The van der Waals surface area contributed by atoms with Gasteiger partial charge in [-0.05, 0) is 46.5 Å². The van der Waals surface area contributed by atoms with E-state index in [1.165, 1.54) is 4.90 Å². The average molecular weight is 316 g/mol. The molecule has 2 atom stereocenters. The Labute approximate surface area is 126 Å². The molecule has 1 aliphatic carbocycles. The normalized spacial score (nSPS) is 31.3. The molecule has 6 nitrogen and oxygen atoms in total. The number of amides is 2. The van der Waals surface area contributed by atoms with Gasteiger partial charge in [0.05, 0.1) is 4.75 Å². The molecule has 0 bridgehead atoms. The lowest BCUT2D eigenvalue weighted by molar-refractivity contribution is -0.155. The van der Waals surface area contributed by atoms with Crippen LogP contribution in [0.1, 0.15) is 40.5 Å². The number of sulfone groups is 1. The molecule has 7 heteroatoms. The van der Waals surface area contributed by atoms with Crippen molar-refractivity contribution >= 4 is 21.7 Å². The van der Waals surface area contributed by atoms with Gasteiger partial charge in [-0.1, -0.05) is 0 Å². The maximum Gasteiger partial charge on any atom is 0.249 e. The van der Waals surface area contributed by atoms with E-state index in [0.29, 0.717) is 0 Å². The number of hydrogen-bond acceptors (Lipinski definition) is 4. The summed E-state index contributed by atoms with van der Waals surface area (Å²) in [4.78, 5) is 26.4. The minimum absolute atomic E-state index is 0.0293. The molecule has 0 aromatic carbocycles. The summed E-state index contributed by atoms with van der Waals surface area (Å²) >= 11 is 0. The van der Waals surface area contributed by atoms with E-state index in [4.69, 9.17) is 0 Å². The lowest BCUT2D eigenvalue weighted by Gasteiger charge is -2.45. The monoisotopic (exact) mass is 316 g/mol. The molecule has 21 heavy (non-hydrogen) atoms. The van der Waals surface area contributed by atoms with Crippen LogP contribution in [0.2, 0.25) is 0 Å². The second-order valence-electron chi connectivity index (χ2n) is 7.11. The molecular weight excluding hydrogens is 292 g/mol. The smallest absolute Gasteiger partial charge is 0.249 e. The van der Waals surface area contributed by atoms with E-state index < -0.39 is 26.2 Å². The highest BCUT2D eigenvalue weighted by Crippen LogP contribution is 2.42. The summed E-state index contributed by atoms with van der Waals surface area (Å²) in [5.41, 5.74) is -0.892. The van der Waals surface area contributed by atoms with Gasteiger partial charge < -0.3 is 10.2 Å². The molecule has 1 N–H and O–H groups in total. The molecule has 0 spiro atoms. The van der Waals surface area contributed by atoms with E-state index in [1.807, 2.05) is 0 Å². The zero-order valence-corrected chi connectivity index (χ0v) is 14.1. The van der Waals surface area contributed by atoms with Crippen LogP contribution in [0.25, 0.3) is 0 Å². The fraction of sp³-hybridized carbons (Fsp3) is 0.857. The molecule has 2 unspecified atom stereocenters. The van der Waals surface area contributed by atoms with Gasteiger partial charge in [0.15, 0.2) is 9.84 Å². The second-order valence-corrected chi connectivity index (χ2v) is 9.76. The number of hydrogen-bond donors (Lipinski definition) is 1. The summed E-state index contributed by atoms with van der Waals surface area (Å²) < 4.78 is 22.7. The van der Waals surface area contributed by atoms with E-state index in [2.05, 4.69) is 5.32 Å². The van der Waals surface area contributed by atoms with Crippen LogP contribution in [-0.4, -0.2) is 54.3 Å². The molecule has 120 valence electrons. The summed E-state index contributed by atoms with van der Waals surface area (Å²) in [6.45, 7) is 6.59. The third kappa shape index (κ3) is 2.67. The molecular formula is C14H24N2O4S. The van der Waals surface area contributed by atoms with Crippen molar-refractivity contribution in [3.8, 4) is 0 Å². The third-order valence-electron chi connectivity index (χ3n) is 4.88. The van der Waals surface area contributed by atoms with E-state index in [9.17, 15) is 18.0 Å². The minimum atomic E-state index is -3.33. The lowest BCUT2D eigenvalue weighted by atomic mass is 9.89. The van der Waals surface area contributed by atoms with Crippen LogP contribution >= 0.6 is 0 Å². The predicted octanol–water partition coefficient (Wildman–Crippen LogP) is 0.325. The molecule has 2 aliphatic rings. The molecule has 1 heterocycles. The lowest BCUT2D eigenvalue weighted by Crippen LogP contribution is -2.71. The Morgan fingerprint density at radius 2 is 1.86 bits per heavy atom. The number of carbonyl (C=O) groups is 2. The maximum atomic E-state index is 12.8. The van der Waals surface area contributed by atoms with Crippen molar-refractivity contribution in [1.82, 2.24) is 10.2 Å².